The quantitative estimate of drug-likeness (QED) is 0.550. The Morgan fingerprint density at radius 3 is 2.27 bits per heavy atom. The fourth-order valence-electron chi connectivity index (χ4n) is 1.56. The van der Waals surface area contributed by atoms with Crippen LogP contribution in [0.3, 0.4) is 0 Å². The molecule has 0 aromatic heterocycles. The molecule has 0 aliphatic carbocycles. The maximum Gasteiger partial charge on any atom is 0.374 e. The fraction of sp³-hybridized carbons (Fsp3) is 0.667. The summed E-state index contributed by atoms with van der Waals surface area (Å²) in [4.78, 5) is 11.4. The number of ether oxygens (including phenoxy) is 1. The molecule has 0 saturated heterocycles. The molecular weight excluding hydrogens is 219 g/mol. The van der Waals surface area contributed by atoms with E-state index in [1.165, 1.54) is 14.2 Å². The largest absolute Gasteiger partial charge is 0.441 e. The Hall–Kier alpha value is -0.640. The van der Waals surface area contributed by atoms with E-state index in [1.54, 1.807) is 6.92 Å². The molecule has 1 aliphatic heterocycles. The van der Waals surface area contributed by atoms with Crippen molar-refractivity contribution in [3.05, 3.63) is 11.1 Å². The molecule has 1 rings (SSSR count). The molecule has 15 heavy (non-hydrogen) atoms. The molecule has 1 atom stereocenters. The molecule has 6 heteroatoms. The second-order valence-electron chi connectivity index (χ2n) is 3.18. The van der Waals surface area contributed by atoms with Gasteiger partial charge in [-0.25, -0.2) is 4.79 Å². The number of carbonyl (C=O) groups excluding carboxylic acids is 1. The highest BCUT2D eigenvalue weighted by atomic mass is 31.2. The van der Waals surface area contributed by atoms with Gasteiger partial charge in [-0.3, -0.25) is 4.57 Å². The van der Waals surface area contributed by atoms with Gasteiger partial charge in [0.2, 0.25) is 5.85 Å². The highest BCUT2D eigenvalue weighted by Crippen LogP contribution is 2.57. The molecule has 1 aliphatic rings. The van der Waals surface area contributed by atoms with Crippen molar-refractivity contribution >= 4 is 13.6 Å². The average molecular weight is 234 g/mol. The summed E-state index contributed by atoms with van der Waals surface area (Å²) in [6.07, 6.45) is 0.550. The van der Waals surface area contributed by atoms with Crippen LogP contribution < -0.4 is 0 Å². The molecule has 0 bridgehead atoms. The minimum absolute atomic E-state index is 0.436. The predicted molar refractivity (Wildman–Crippen MR) is 54.5 cm³/mol. The first-order chi connectivity index (χ1) is 7.00. The normalized spacial score (nSPS) is 22.1. The molecular formula is C9H15O5P. The van der Waals surface area contributed by atoms with E-state index < -0.39 is 19.4 Å². The molecule has 0 aromatic rings. The third-order valence-corrected chi connectivity index (χ3v) is 4.55. The lowest BCUT2D eigenvalue weighted by atomic mass is 10.1. The van der Waals surface area contributed by atoms with E-state index >= 15 is 0 Å². The Morgan fingerprint density at radius 2 is 1.93 bits per heavy atom. The second kappa shape index (κ2) is 4.47. The van der Waals surface area contributed by atoms with Crippen molar-refractivity contribution in [2.75, 3.05) is 14.2 Å². The molecule has 0 amide bonds. The van der Waals surface area contributed by atoms with E-state index in [9.17, 15) is 9.36 Å². The first kappa shape index (κ1) is 12.4. The number of esters is 1. The lowest BCUT2D eigenvalue weighted by molar-refractivity contribution is -0.138. The Bertz CT molecular complexity index is 338. The highest BCUT2D eigenvalue weighted by Gasteiger charge is 2.44. The van der Waals surface area contributed by atoms with E-state index in [2.05, 4.69) is 0 Å². The van der Waals surface area contributed by atoms with Crippen LogP contribution in [0.15, 0.2) is 11.1 Å². The maximum atomic E-state index is 12.0. The zero-order valence-electron chi connectivity index (χ0n) is 9.27. The zero-order valence-corrected chi connectivity index (χ0v) is 10.2. The molecule has 0 saturated carbocycles. The molecule has 0 fully saturated rings. The first-order valence-corrected chi connectivity index (χ1v) is 6.23. The summed E-state index contributed by atoms with van der Waals surface area (Å²) in [5.41, 5.74) is 1.18. The minimum atomic E-state index is -3.37. The SMILES string of the molecule is CCC1=C(C)C(P(=O)(OC)OC)OC1=O. The zero-order chi connectivity index (χ0) is 11.6. The van der Waals surface area contributed by atoms with Gasteiger partial charge in [-0.1, -0.05) is 6.92 Å². The van der Waals surface area contributed by atoms with Crippen molar-refractivity contribution in [3.63, 3.8) is 0 Å². The van der Waals surface area contributed by atoms with Gasteiger partial charge in [0.15, 0.2) is 0 Å². The Kier molecular flexibility index (Phi) is 3.71. The van der Waals surface area contributed by atoms with Gasteiger partial charge < -0.3 is 13.8 Å². The highest BCUT2D eigenvalue weighted by molar-refractivity contribution is 7.54. The van der Waals surface area contributed by atoms with E-state index in [0.717, 1.165) is 0 Å². The lowest BCUT2D eigenvalue weighted by Crippen LogP contribution is -2.13. The van der Waals surface area contributed by atoms with Crippen LogP contribution >= 0.6 is 7.60 Å². The molecule has 1 unspecified atom stereocenters. The smallest absolute Gasteiger partial charge is 0.374 e. The summed E-state index contributed by atoms with van der Waals surface area (Å²) >= 11 is 0. The number of hydrogen-bond donors (Lipinski definition) is 0. The third-order valence-electron chi connectivity index (χ3n) is 2.46. The van der Waals surface area contributed by atoms with Crippen LogP contribution in [0.2, 0.25) is 0 Å². The van der Waals surface area contributed by atoms with Crippen LogP contribution in [0.4, 0.5) is 0 Å². The van der Waals surface area contributed by atoms with Crippen molar-refractivity contribution in [2.24, 2.45) is 0 Å². The van der Waals surface area contributed by atoms with Gasteiger partial charge in [-0.15, -0.1) is 0 Å². The molecule has 0 radical (unpaired) electrons. The van der Waals surface area contributed by atoms with E-state index in [0.29, 0.717) is 17.6 Å². The molecule has 0 N–H and O–H groups in total. The third kappa shape index (κ3) is 2.00. The van der Waals surface area contributed by atoms with Gasteiger partial charge in [0, 0.05) is 19.8 Å². The summed E-state index contributed by atoms with van der Waals surface area (Å²) in [6.45, 7) is 3.55. The molecule has 5 nitrogen and oxygen atoms in total. The summed E-state index contributed by atoms with van der Waals surface area (Å²) in [6, 6.07) is 0. The number of cyclic esters (lactones) is 1. The van der Waals surface area contributed by atoms with Crippen LogP contribution in [0.5, 0.6) is 0 Å². The van der Waals surface area contributed by atoms with Crippen molar-refractivity contribution in [2.45, 2.75) is 26.1 Å². The lowest BCUT2D eigenvalue weighted by Gasteiger charge is -2.20. The van der Waals surface area contributed by atoms with Crippen LogP contribution in [0.1, 0.15) is 20.3 Å². The fourth-order valence-corrected chi connectivity index (χ4v) is 2.95. The van der Waals surface area contributed by atoms with Crippen LogP contribution in [0.25, 0.3) is 0 Å². The predicted octanol–water partition coefficient (Wildman–Crippen LogP) is 2.08. The Balaban J connectivity index is 3.07. The van der Waals surface area contributed by atoms with Crippen LogP contribution in [-0.2, 0) is 23.1 Å². The standard InChI is InChI=1S/C9H15O5P/c1-5-7-6(2)9(14-8(7)10)15(11,12-3)13-4/h9H,5H2,1-4H3. The van der Waals surface area contributed by atoms with Crippen molar-refractivity contribution in [1.29, 1.82) is 0 Å². The van der Waals surface area contributed by atoms with E-state index in [1.807, 2.05) is 6.92 Å². The summed E-state index contributed by atoms with van der Waals surface area (Å²) in [7, 11) is -0.827. The topological polar surface area (TPSA) is 61.8 Å². The van der Waals surface area contributed by atoms with Gasteiger partial charge >= 0.3 is 13.6 Å². The summed E-state index contributed by atoms with van der Waals surface area (Å²) < 4.78 is 26.6. The van der Waals surface area contributed by atoms with Crippen LogP contribution in [-0.4, -0.2) is 26.0 Å². The number of rotatable bonds is 4. The van der Waals surface area contributed by atoms with Crippen LogP contribution in [0, 0.1) is 0 Å². The summed E-state index contributed by atoms with van der Waals surface area (Å²) in [5.74, 6) is -1.33. The number of carbonyl (C=O) groups is 1. The molecule has 86 valence electrons. The number of hydrogen-bond acceptors (Lipinski definition) is 5. The van der Waals surface area contributed by atoms with Gasteiger partial charge in [-0.05, 0) is 18.9 Å². The molecule has 1 heterocycles. The van der Waals surface area contributed by atoms with E-state index in [-0.39, 0.29) is 0 Å². The summed E-state index contributed by atoms with van der Waals surface area (Å²) in [5, 5.41) is 0. The molecule has 0 spiro atoms. The van der Waals surface area contributed by atoms with Crippen molar-refractivity contribution in [3.8, 4) is 0 Å². The first-order valence-electron chi connectivity index (χ1n) is 4.62. The van der Waals surface area contributed by atoms with Gasteiger partial charge in [0.05, 0.1) is 0 Å². The minimum Gasteiger partial charge on any atom is -0.441 e. The van der Waals surface area contributed by atoms with Crippen molar-refractivity contribution < 1.29 is 23.1 Å². The average Bonchev–Trinajstić information content (AvgIpc) is 2.53. The van der Waals surface area contributed by atoms with Gasteiger partial charge in [0.1, 0.15) is 0 Å². The van der Waals surface area contributed by atoms with E-state index in [4.69, 9.17) is 13.8 Å². The molecule has 0 aromatic carbocycles. The second-order valence-corrected chi connectivity index (χ2v) is 5.46. The van der Waals surface area contributed by atoms with Gasteiger partial charge in [-0.2, -0.15) is 0 Å². The maximum absolute atomic E-state index is 12.0. The van der Waals surface area contributed by atoms with Gasteiger partial charge in [0.25, 0.3) is 0 Å². The Labute approximate surface area is 88.9 Å². The van der Waals surface area contributed by atoms with Crippen molar-refractivity contribution in [1.82, 2.24) is 0 Å². The Morgan fingerprint density at radius 1 is 1.40 bits per heavy atom. The monoisotopic (exact) mass is 234 g/mol.